The first-order valence-electron chi connectivity index (χ1n) is 4.80. The van der Waals surface area contributed by atoms with E-state index in [4.69, 9.17) is 0 Å². The van der Waals surface area contributed by atoms with Gasteiger partial charge in [0.2, 0.25) is 0 Å². The second-order valence-electron chi connectivity index (χ2n) is 3.24. The summed E-state index contributed by atoms with van der Waals surface area (Å²) in [5.74, 6) is -0.265. The summed E-state index contributed by atoms with van der Waals surface area (Å²) >= 11 is 0. The lowest BCUT2D eigenvalue weighted by molar-refractivity contribution is 0.102. The maximum atomic E-state index is 11.7. The lowest BCUT2D eigenvalue weighted by Gasteiger charge is -2.05. The van der Waals surface area contributed by atoms with E-state index in [1.165, 1.54) is 0 Å². The Labute approximate surface area is 92.3 Å². The number of H-pyrrole nitrogens is 1. The van der Waals surface area contributed by atoms with Gasteiger partial charge in [-0.15, -0.1) is 0 Å². The molecule has 1 heterocycles. The minimum absolute atomic E-state index is 0.265. The number of hydrogen-bond acceptors (Lipinski definition) is 2. The predicted octanol–water partition coefficient (Wildman–Crippen LogP) is 2.08. The molecule has 0 atom stereocenters. The van der Waals surface area contributed by atoms with Gasteiger partial charge in [-0.05, 0) is 24.3 Å². The minimum Gasteiger partial charge on any atom is -0.357 e. The summed E-state index contributed by atoms with van der Waals surface area (Å²) < 4.78 is 0. The number of aldehydes is 1. The fraction of sp³-hybridized carbons (Fsp3) is 0. The fourth-order valence-electron chi connectivity index (χ4n) is 1.37. The lowest BCUT2D eigenvalue weighted by atomic mass is 10.2. The van der Waals surface area contributed by atoms with Gasteiger partial charge in [0.1, 0.15) is 5.69 Å². The van der Waals surface area contributed by atoms with Crippen molar-refractivity contribution < 1.29 is 9.59 Å². The number of rotatable bonds is 3. The van der Waals surface area contributed by atoms with Crippen molar-refractivity contribution in [2.24, 2.45) is 0 Å². The molecule has 0 spiro atoms. The standard InChI is InChI=1S/C12H10N2O2/c15-8-9-4-1-2-5-10(9)14-12(16)11-6-3-7-13-11/h1-8,13H,(H,14,16). The second-order valence-corrected chi connectivity index (χ2v) is 3.24. The van der Waals surface area contributed by atoms with Crippen molar-refractivity contribution >= 4 is 17.9 Å². The van der Waals surface area contributed by atoms with E-state index in [1.807, 2.05) is 0 Å². The van der Waals surface area contributed by atoms with Gasteiger partial charge in [-0.1, -0.05) is 12.1 Å². The monoisotopic (exact) mass is 214 g/mol. The zero-order valence-electron chi connectivity index (χ0n) is 8.44. The van der Waals surface area contributed by atoms with E-state index in [9.17, 15) is 9.59 Å². The van der Waals surface area contributed by atoms with Crippen LogP contribution in [0.2, 0.25) is 0 Å². The van der Waals surface area contributed by atoms with Crippen LogP contribution in [0.15, 0.2) is 42.6 Å². The molecule has 16 heavy (non-hydrogen) atoms. The van der Waals surface area contributed by atoms with Gasteiger partial charge in [0.05, 0.1) is 5.69 Å². The average Bonchev–Trinajstić information content (AvgIpc) is 2.83. The van der Waals surface area contributed by atoms with Gasteiger partial charge in [0.25, 0.3) is 5.91 Å². The van der Waals surface area contributed by atoms with E-state index < -0.39 is 0 Å². The van der Waals surface area contributed by atoms with Crippen molar-refractivity contribution in [2.75, 3.05) is 5.32 Å². The molecule has 2 rings (SSSR count). The molecule has 0 fully saturated rings. The van der Waals surface area contributed by atoms with Crippen LogP contribution in [0.25, 0.3) is 0 Å². The van der Waals surface area contributed by atoms with Crippen LogP contribution >= 0.6 is 0 Å². The zero-order valence-corrected chi connectivity index (χ0v) is 8.44. The van der Waals surface area contributed by atoms with Gasteiger partial charge in [0, 0.05) is 11.8 Å². The molecule has 4 heteroatoms. The van der Waals surface area contributed by atoms with Crippen molar-refractivity contribution in [1.82, 2.24) is 4.98 Å². The van der Waals surface area contributed by atoms with E-state index in [1.54, 1.807) is 42.6 Å². The number of hydrogen-bond donors (Lipinski definition) is 2. The first kappa shape index (κ1) is 10.2. The normalized spacial score (nSPS) is 9.75. The Kier molecular flexibility index (Phi) is 2.82. The van der Waals surface area contributed by atoms with Crippen LogP contribution in [0.4, 0.5) is 5.69 Å². The van der Waals surface area contributed by atoms with E-state index >= 15 is 0 Å². The highest BCUT2D eigenvalue weighted by molar-refractivity contribution is 6.05. The molecular formula is C12H10N2O2. The number of benzene rings is 1. The van der Waals surface area contributed by atoms with Crippen molar-refractivity contribution in [3.63, 3.8) is 0 Å². The molecule has 0 saturated heterocycles. The number of nitrogens with one attached hydrogen (secondary N) is 2. The number of carbonyl (C=O) groups excluding carboxylic acids is 2. The Bertz CT molecular complexity index is 503. The summed E-state index contributed by atoms with van der Waals surface area (Å²) in [4.78, 5) is 25.2. The van der Waals surface area contributed by atoms with E-state index in [0.29, 0.717) is 23.2 Å². The van der Waals surface area contributed by atoms with Crippen LogP contribution in [-0.2, 0) is 0 Å². The first-order chi connectivity index (χ1) is 7.81. The van der Waals surface area contributed by atoms with Crippen molar-refractivity contribution in [1.29, 1.82) is 0 Å². The molecule has 0 unspecified atom stereocenters. The highest BCUT2D eigenvalue weighted by Crippen LogP contribution is 2.13. The van der Waals surface area contributed by atoms with E-state index in [0.717, 1.165) is 0 Å². The summed E-state index contributed by atoms with van der Waals surface area (Å²) in [5.41, 5.74) is 1.43. The van der Waals surface area contributed by atoms with Gasteiger partial charge in [-0.2, -0.15) is 0 Å². The summed E-state index contributed by atoms with van der Waals surface area (Å²) in [5, 5.41) is 2.66. The van der Waals surface area contributed by atoms with Gasteiger partial charge in [-0.3, -0.25) is 9.59 Å². The Morgan fingerprint density at radius 2 is 2.00 bits per heavy atom. The summed E-state index contributed by atoms with van der Waals surface area (Å²) in [6, 6.07) is 10.2. The number of carbonyl (C=O) groups is 2. The van der Waals surface area contributed by atoms with Gasteiger partial charge < -0.3 is 10.3 Å². The Balaban J connectivity index is 2.21. The zero-order chi connectivity index (χ0) is 11.4. The van der Waals surface area contributed by atoms with Gasteiger partial charge >= 0.3 is 0 Å². The molecule has 2 N–H and O–H groups in total. The number of anilines is 1. The molecule has 0 bridgehead atoms. The SMILES string of the molecule is O=Cc1ccccc1NC(=O)c1ccc[nH]1. The van der Waals surface area contributed by atoms with Crippen LogP contribution in [0, 0.1) is 0 Å². The van der Waals surface area contributed by atoms with Crippen LogP contribution in [0.5, 0.6) is 0 Å². The molecule has 0 saturated carbocycles. The molecule has 1 amide bonds. The first-order valence-corrected chi connectivity index (χ1v) is 4.80. The quantitative estimate of drug-likeness (QED) is 0.768. The second kappa shape index (κ2) is 4.44. The molecule has 0 radical (unpaired) electrons. The Morgan fingerprint density at radius 1 is 1.19 bits per heavy atom. The molecular weight excluding hydrogens is 204 g/mol. The third kappa shape index (κ3) is 2.00. The third-order valence-electron chi connectivity index (χ3n) is 2.18. The maximum Gasteiger partial charge on any atom is 0.272 e. The van der Waals surface area contributed by atoms with Gasteiger partial charge in [0.15, 0.2) is 6.29 Å². The lowest BCUT2D eigenvalue weighted by Crippen LogP contribution is -2.13. The van der Waals surface area contributed by atoms with Crippen molar-refractivity contribution in [3.8, 4) is 0 Å². The van der Waals surface area contributed by atoms with Crippen molar-refractivity contribution in [3.05, 3.63) is 53.9 Å². The summed E-state index contributed by atoms with van der Waals surface area (Å²) in [6.07, 6.45) is 2.38. The number of para-hydroxylation sites is 1. The van der Waals surface area contributed by atoms with Crippen molar-refractivity contribution in [2.45, 2.75) is 0 Å². The van der Waals surface area contributed by atoms with E-state index in [-0.39, 0.29) is 5.91 Å². The Hall–Kier alpha value is -2.36. The van der Waals surface area contributed by atoms with Crippen LogP contribution < -0.4 is 5.32 Å². The summed E-state index contributed by atoms with van der Waals surface area (Å²) in [7, 11) is 0. The predicted molar refractivity (Wildman–Crippen MR) is 60.6 cm³/mol. The average molecular weight is 214 g/mol. The largest absolute Gasteiger partial charge is 0.357 e. The molecule has 80 valence electrons. The molecule has 0 aliphatic heterocycles. The van der Waals surface area contributed by atoms with Crippen LogP contribution in [0.3, 0.4) is 0 Å². The third-order valence-corrected chi connectivity index (χ3v) is 2.18. The number of aromatic amines is 1. The van der Waals surface area contributed by atoms with Gasteiger partial charge in [-0.25, -0.2) is 0 Å². The molecule has 0 aliphatic rings. The minimum atomic E-state index is -0.265. The molecule has 2 aromatic rings. The summed E-state index contributed by atoms with van der Waals surface area (Å²) in [6.45, 7) is 0. The highest BCUT2D eigenvalue weighted by Gasteiger charge is 2.08. The molecule has 4 nitrogen and oxygen atoms in total. The van der Waals surface area contributed by atoms with E-state index in [2.05, 4.69) is 10.3 Å². The number of aromatic nitrogens is 1. The molecule has 0 aliphatic carbocycles. The topological polar surface area (TPSA) is 62.0 Å². The fourth-order valence-corrected chi connectivity index (χ4v) is 1.37. The highest BCUT2D eigenvalue weighted by atomic mass is 16.2. The smallest absolute Gasteiger partial charge is 0.272 e. The molecule has 1 aromatic heterocycles. The molecule has 1 aromatic carbocycles. The van der Waals surface area contributed by atoms with Crippen LogP contribution in [-0.4, -0.2) is 17.2 Å². The van der Waals surface area contributed by atoms with Crippen LogP contribution in [0.1, 0.15) is 20.8 Å². The Morgan fingerprint density at radius 3 is 2.69 bits per heavy atom. The maximum absolute atomic E-state index is 11.7. The number of amides is 1.